The van der Waals surface area contributed by atoms with Gasteiger partial charge in [0.2, 0.25) is 0 Å². The molecule has 1 heterocycles. The van der Waals surface area contributed by atoms with Crippen LogP contribution in [0.5, 0.6) is 5.75 Å². The molecule has 1 N–H and O–H groups in total. The van der Waals surface area contributed by atoms with Gasteiger partial charge < -0.3 is 10.1 Å². The smallest absolute Gasteiger partial charge is 0.251 e. The number of nitrogens with one attached hydrogen (secondary N) is 1. The second kappa shape index (κ2) is 7.95. The lowest BCUT2D eigenvalue weighted by molar-refractivity contribution is 0.0951. The summed E-state index contributed by atoms with van der Waals surface area (Å²) < 4.78 is 5.32. The molecule has 0 bridgehead atoms. The zero-order valence-electron chi connectivity index (χ0n) is 15.4. The zero-order valence-corrected chi connectivity index (χ0v) is 15.4. The van der Waals surface area contributed by atoms with E-state index in [-0.39, 0.29) is 5.91 Å². The van der Waals surface area contributed by atoms with E-state index in [4.69, 9.17) is 9.72 Å². The van der Waals surface area contributed by atoms with E-state index in [0.717, 1.165) is 46.6 Å². The number of fused-ring (bicyclic) bond motifs is 1. The molecule has 0 saturated carbocycles. The number of nitrogens with zero attached hydrogens (tertiary/aromatic N) is 2. The van der Waals surface area contributed by atoms with Gasteiger partial charge in [0, 0.05) is 17.7 Å². The minimum atomic E-state index is -0.141. The highest BCUT2D eigenvalue weighted by Crippen LogP contribution is 2.18. The number of ether oxygens (including phenoxy) is 1. The van der Waals surface area contributed by atoms with Crippen LogP contribution in [0.15, 0.2) is 42.5 Å². The van der Waals surface area contributed by atoms with Gasteiger partial charge in [0.25, 0.3) is 5.91 Å². The van der Waals surface area contributed by atoms with Gasteiger partial charge in [-0.1, -0.05) is 32.0 Å². The zero-order chi connectivity index (χ0) is 18.5. The molecule has 1 aromatic heterocycles. The van der Waals surface area contributed by atoms with E-state index in [2.05, 4.69) is 24.1 Å². The fourth-order valence-electron chi connectivity index (χ4n) is 2.96. The lowest BCUT2D eigenvalue weighted by Gasteiger charge is -2.10. The van der Waals surface area contributed by atoms with Crippen LogP contribution in [-0.4, -0.2) is 23.0 Å². The Balaban J connectivity index is 1.82. The van der Waals surface area contributed by atoms with Crippen LogP contribution in [0.3, 0.4) is 0 Å². The number of aromatic nitrogens is 2. The quantitative estimate of drug-likeness (QED) is 0.737. The molecule has 0 aliphatic carbocycles. The maximum absolute atomic E-state index is 12.5. The van der Waals surface area contributed by atoms with Gasteiger partial charge in [-0.25, -0.2) is 9.97 Å². The molecule has 2 aromatic carbocycles. The first-order valence-electron chi connectivity index (χ1n) is 8.85. The first-order chi connectivity index (χ1) is 12.7. The molecule has 0 spiro atoms. The van der Waals surface area contributed by atoms with Gasteiger partial charge in [-0.05, 0) is 37.1 Å². The molecule has 5 nitrogen and oxygen atoms in total. The number of benzene rings is 2. The van der Waals surface area contributed by atoms with Crippen LogP contribution in [0.1, 0.15) is 41.2 Å². The first kappa shape index (κ1) is 17.9. The number of amides is 1. The predicted molar refractivity (Wildman–Crippen MR) is 102 cm³/mol. The number of carbonyl (C=O) groups is 1. The number of hydrogen-bond acceptors (Lipinski definition) is 4. The van der Waals surface area contributed by atoms with Crippen molar-refractivity contribution in [1.29, 1.82) is 0 Å². The normalized spacial score (nSPS) is 10.7. The van der Waals surface area contributed by atoms with E-state index < -0.39 is 0 Å². The van der Waals surface area contributed by atoms with Crippen molar-refractivity contribution < 1.29 is 9.53 Å². The number of hydrogen-bond donors (Lipinski definition) is 1. The van der Waals surface area contributed by atoms with Gasteiger partial charge in [-0.15, -0.1) is 0 Å². The Bertz CT molecular complexity index is 938. The van der Waals surface area contributed by atoms with Crippen LogP contribution >= 0.6 is 0 Å². The van der Waals surface area contributed by atoms with Gasteiger partial charge in [0.1, 0.15) is 5.75 Å². The summed E-state index contributed by atoms with van der Waals surface area (Å²) in [5.41, 5.74) is 5.10. The third kappa shape index (κ3) is 3.67. The molecule has 26 heavy (non-hydrogen) atoms. The van der Waals surface area contributed by atoms with Gasteiger partial charge in [-0.2, -0.15) is 0 Å². The summed E-state index contributed by atoms with van der Waals surface area (Å²) >= 11 is 0. The van der Waals surface area contributed by atoms with Crippen molar-refractivity contribution in [1.82, 2.24) is 15.3 Å². The summed E-state index contributed by atoms with van der Waals surface area (Å²) in [5.74, 6) is 0.620. The molecule has 0 aliphatic rings. The topological polar surface area (TPSA) is 64.1 Å². The molecule has 0 radical (unpaired) electrons. The number of rotatable bonds is 6. The summed E-state index contributed by atoms with van der Waals surface area (Å²) in [4.78, 5) is 21.9. The highest BCUT2D eigenvalue weighted by molar-refractivity contribution is 5.97. The van der Waals surface area contributed by atoms with Crippen LogP contribution in [0.25, 0.3) is 11.0 Å². The molecule has 0 saturated heterocycles. The maximum Gasteiger partial charge on any atom is 0.251 e. The van der Waals surface area contributed by atoms with E-state index in [9.17, 15) is 4.79 Å². The van der Waals surface area contributed by atoms with E-state index in [1.54, 1.807) is 19.2 Å². The predicted octanol–water partition coefficient (Wildman–Crippen LogP) is 3.69. The molecule has 1 amide bonds. The lowest BCUT2D eigenvalue weighted by atomic mass is 10.1. The van der Waals surface area contributed by atoms with Crippen LogP contribution < -0.4 is 10.1 Å². The molecule has 0 fully saturated rings. The SMILES string of the molecule is CCc1nc2ccc(C(=O)NCc3ccccc3OC)cc2nc1CC. The average Bonchev–Trinajstić information content (AvgIpc) is 2.70. The van der Waals surface area contributed by atoms with Gasteiger partial charge in [-0.3, -0.25) is 4.79 Å². The summed E-state index contributed by atoms with van der Waals surface area (Å²) in [5, 5.41) is 2.94. The Hall–Kier alpha value is -2.95. The fraction of sp³-hybridized carbons (Fsp3) is 0.286. The highest BCUT2D eigenvalue weighted by Gasteiger charge is 2.11. The van der Waals surface area contributed by atoms with Crippen LogP contribution in [0.2, 0.25) is 0 Å². The maximum atomic E-state index is 12.5. The summed E-state index contributed by atoms with van der Waals surface area (Å²) in [7, 11) is 1.62. The molecule has 134 valence electrons. The van der Waals surface area contributed by atoms with E-state index >= 15 is 0 Å². The van der Waals surface area contributed by atoms with Gasteiger partial charge in [0.05, 0.1) is 29.5 Å². The van der Waals surface area contributed by atoms with Crippen molar-refractivity contribution in [3.63, 3.8) is 0 Å². The molecular formula is C21H23N3O2. The van der Waals surface area contributed by atoms with E-state index in [1.165, 1.54) is 0 Å². The fourth-order valence-corrected chi connectivity index (χ4v) is 2.96. The Kier molecular flexibility index (Phi) is 5.46. The van der Waals surface area contributed by atoms with Gasteiger partial charge >= 0.3 is 0 Å². The number of carbonyl (C=O) groups excluding carboxylic acids is 1. The second-order valence-electron chi connectivity index (χ2n) is 6.02. The van der Waals surface area contributed by atoms with Crippen LogP contribution in [-0.2, 0) is 19.4 Å². The number of aryl methyl sites for hydroxylation is 2. The van der Waals surface area contributed by atoms with Crippen molar-refractivity contribution in [2.24, 2.45) is 0 Å². The summed E-state index contributed by atoms with van der Waals surface area (Å²) in [6.07, 6.45) is 1.68. The minimum Gasteiger partial charge on any atom is -0.496 e. The lowest BCUT2D eigenvalue weighted by Crippen LogP contribution is -2.23. The second-order valence-corrected chi connectivity index (χ2v) is 6.02. The molecule has 3 aromatic rings. The molecule has 0 atom stereocenters. The molecule has 0 unspecified atom stereocenters. The van der Waals surface area contributed by atoms with Crippen molar-refractivity contribution >= 4 is 16.9 Å². The van der Waals surface area contributed by atoms with E-state index in [1.807, 2.05) is 30.3 Å². The minimum absolute atomic E-state index is 0.141. The Morgan fingerprint density at radius 2 is 1.69 bits per heavy atom. The van der Waals surface area contributed by atoms with Crippen molar-refractivity contribution in [3.05, 3.63) is 65.0 Å². The molecule has 0 aliphatic heterocycles. The molecular weight excluding hydrogens is 326 g/mol. The van der Waals surface area contributed by atoms with Crippen LogP contribution in [0, 0.1) is 0 Å². The largest absolute Gasteiger partial charge is 0.496 e. The van der Waals surface area contributed by atoms with Crippen LogP contribution in [0.4, 0.5) is 0 Å². The van der Waals surface area contributed by atoms with E-state index in [0.29, 0.717) is 12.1 Å². The standard InChI is InChI=1S/C21H23N3O2/c1-4-16-17(5-2)24-19-12-14(10-11-18(19)23-16)21(25)22-13-15-8-6-7-9-20(15)26-3/h6-12H,4-5,13H2,1-3H3,(H,22,25). The Morgan fingerprint density at radius 1 is 1.00 bits per heavy atom. The van der Waals surface area contributed by atoms with Crippen molar-refractivity contribution in [2.45, 2.75) is 33.2 Å². The molecule has 3 rings (SSSR count). The summed E-state index contributed by atoms with van der Waals surface area (Å²) in [6, 6.07) is 13.1. The number of methoxy groups -OCH3 is 1. The van der Waals surface area contributed by atoms with Crippen molar-refractivity contribution in [2.75, 3.05) is 7.11 Å². The highest BCUT2D eigenvalue weighted by atomic mass is 16.5. The van der Waals surface area contributed by atoms with Gasteiger partial charge in [0.15, 0.2) is 0 Å². The summed E-state index contributed by atoms with van der Waals surface area (Å²) in [6.45, 7) is 4.55. The Morgan fingerprint density at radius 3 is 2.38 bits per heavy atom. The monoisotopic (exact) mass is 349 g/mol. The average molecular weight is 349 g/mol. The Labute approximate surface area is 153 Å². The number of para-hydroxylation sites is 1. The van der Waals surface area contributed by atoms with Crippen molar-refractivity contribution in [3.8, 4) is 5.75 Å². The molecule has 5 heteroatoms. The third-order valence-corrected chi connectivity index (χ3v) is 4.38. The first-order valence-corrected chi connectivity index (χ1v) is 8.85. The third-order valence-electron chi connectivity index (χ3n) is 4.38.